The minimum atomic E-state index is -1.37. The van der Waals surface area contributed by atoms with Gasteiger partial charge in [-0.1, -0.05) is 13.8 Å². The molecule has 18 heavy (non-hydrogen) atoms. The van der Waals surface area contributed by atoms with Gasteiger partial charge in [-0.15, -0.1) is 0 Å². The topological polar surface area (TPSA) is 115 Å². The first-order valence-corrected chi connectivity index (χ1v) is 5.88. The Balaban J connectivity index is 5.29. The minimum Gasteiger partial charge on any atom is -0.478 e. The molecule has 2 unspecified atom stereocenters. The zero-order valence-electron chi connectivity index (χ0n) is 10.6. The normalized spacial score (nSPS) is 15.8. The number of hydrogen-bond acceptors (Lipinski definition) is 4. The molecule has 0 amide bonds. The molecule has 0 fully saturated rings. The molecule has 4 N–H and O–H groups in total. The highest BCUT2D eigenvalue weighted by Gasteiger charge is 2.23. The predicted molar refractivity (Wildman–Crippen MR) is 64.1 cm³/mol. The molecule has 6 nitrogen and oxygen atoms in total. The molecule has 0 aliphatic heterocycles. The zero-order valence-corrected chi connectivity index (χ0v) is 10.6. The van der Waals surface area contributed by atoms with Crippen LogP contribution >= 0.6 is 0 Å². The fraction of sp³-hybridized carbons (Fsp3) is 0.667. The molecule has 0 aromatic heterocycles. The number of carboxylic acid groups (broad SMARTS) is 2. The van der Waals surface area contributed by atoms with Gasteiger partial charge < -0.3 is 20.4 Å². The maximum absolute atomic E-state index is 11.1. The number of aliphatic carboxylic acids is 2. The first kappa shape index (κ1) is 16.6. The van der Waals surface area contributed by atoms with Crippen LogP contribution in [0.15, 0.2) is 11.1 Å². The van der Waals surface area contributed by atoms with Crippen molar-refractivity contribution in [1.29, 1.82) is 0 Å². The summed E-state index contributed by atoms with van der Waals surface area (Å²) in [6.45, 7) is 3.34. The van der Waals surface area contributed by atoms with Crippen LogP contribution in [0.3, 0.4) is 0 Å². The van der Waals surface area contributed by atoms with Crippen molar-refractivity contribution in [2.75, 3.05) is 0 Å². The van der Waals surface area contributed by atoms with Gasteiger partial charge in [-0.3, -0.25) is 0 Å². The lowest BCUT2D eigenvalue weighted by Crippen LogP contribution is -2.20. The number of carboxylic acids is 2. The molecule has 0 rings (SSSR count). The largest absolute Gasteiger partial charge is 0.478 e. The Morgan fingerprint density at radius 2 is 1.11 bits per heavy atom. The van der Waals surface area contributed by atoms with Crippen molar-refractivity contribution >= 4 is 11.9 Å². The Morgan fingerprint density at radius 1 is 0.833 bits per heavy atom. The summed E-state index contributed by atoms with van der Waals surface area (Å²) in [6, 6.07) is 0. The Kier molecular flexibility index (Phi) is 7.23. The summed E-state index contributed by atoms with van der Waals surface area (Å²) >= 11 is 0. The van der Waals surface area contributed by atoms with E-state index in [4.69, 9.17) is 10.2 Å². The molecular formula is C12H20O6. The Hall–Kier alpha value is -1.40. The average Bonchev–Trinajstić information content (AvgIpc) is 2.31. The van der Waals surface area contributed by atoms with E-state index in [2.05, 4.69) is 0 Å². The van der Waals surface area contributed by atoms with E-state index >= 15 is 0 Å². The molecular weight excluding hydrogens is 240 g/mol. The van der Waals surface area contributed by atoms with Crippen molar-refractivity contribution < 1.29 is 30.0 Å². The van der Waals surface area contributed by atoms with E-state index < -0.39 is 24.1 Å². The van der Waals surface area contributed by atoms with Gasteiger partial charge in [0.2, 0.25) is 0 Å². The molecule has 0 radical (unpaired) electrons. The second-order valence-corrected chi connectivity index (χ2v) is 4.10. The van der Waals surface area contributed by atoms with Gasteiger partial charge >= 0.3 is 11.9 Å². The van der Waals surface area contributed by atoms with Crippen LogP contribution in [0.2, 0.25) is 0 Å². The summed E-state index contributed by atoms with van der Waals surface area (Å²) in [6.07, 6.45) is -1.60. The fourth-order valence-electron chi connectivity index (χ4n) is 1.44. The molecule has 0 spiro atoms. The summed E-state index contributed by atoms with van der Waals surface area (Å²) in [4.78, 5) is 22.1. The molecule has 0 aliphatic rings. The van der Waals surface area contributed by atoms with Gasteiger partial charge in [-0.05, 0) is 12.8 Å². The molecule has 0 saturated heterocycles. The van der Waals surface area contributed by atoms with Gasteiger partial charge in [0, 0.05) is 12.8 Å². The third-order valence-corrected chi connectivity index (χ3v) is 2.70. The van der Waals surface area contributed by atoms with Crippen molar-refractivity contribution in [3.63, 3.8) is 0 Å². The lowest BCUT2D eigenvalue weighted by atomic mass is 9.96. The molecule has 0 saturated carbocycles. The highest BCUT2D eigenvalue weighted by atomic mass is 16.4. The lowest BCUT2D eigenvalue weighted by Gasteiger charge is -2.14. The van der Waals surface area contributed by atoms with Crippen molar-refractivity contribution in [2.45, 2.75) is 51.7 Å². The number of hydrogen-bond donors (Lipinski definition) is 4. The average molecular weight is 260 g/mol. The van der Waals surface area contributed by atoms with Crippen LogP contribution in [0.1, 0.15) is 39.5 Å². The van der Waals surface area contributed by atoms with E-state index in [1.807, 2.05) is 0 Å². The van der Waals surface area contributed by atoms with Crippen LogP contribution < -0.4 is 0 Å². The van der Waals surface area contributed by atoms with Gasteiger partial charge in [0.15, 0.2) is 0 Å². The Bertz CT molecular complexity index is 301. The van der Waals surface area contributed by atoms with Crippen molar-refractivity contribution in [3.8, 4) is 0 Å². The van der Waals surface area contributed by atoms with Crippen LogP contribution in [0.5, 0.6) is 0 Å². The van der Waals surface area contributed by atoms with E-state index in [0.717, 1.165) is 0 Å². The summed E-state index contributed by atoms with van der Waals surface area (Å²) < 4.78 is 0. The van der Waals surface area contributed by atoms with E-state index in [1.165, 1.54) is 0 Å². The third kappa shape index (κ3) is 5.29. The summed E-state index contributed by atoms with van der Waals surface area (Å²) in [5.41, 5.74) is -0.686. The number of rotatable bonds is 8. The maximum atomic E-state index is 11.1. The minimum absolute atomic E-state index is 0.232. The zero-order chi connectivity index (χ0) is 14.3. The first-order valence-electron chi connectivity index (χ1n) is 5.88. The molecule has 0 aliphatic carbocycles. The molecule has 0 aromatic rings. The number of aliphatic hydroxyl groups excluding tert-OH is 2. The summed E-state index contributed by atoms with van der Waals surface area (Å²) in [5.74, 6) is -2.74. The second kappa shape index (κ2) is 7.84. The van der Waals surface area contributed by atoms with Crippen LogP contribution in [-0.4, -0.2) is 44.6 Å². The summed E-state index contributed by atoms with van der Waals surface area (Å²) in [5, 5.41) is 36.9. The van der Waals surface area contributed by atoms with Crippen LogP contribution in [0, 0.1) is 0 Å². The molecule has 0 heterocycles. The van der Waals surface area contributed by atoms with E-state index in [0.29, 0.717) is 12.8 Å². The van der Waals surface area contributed by atoms with E-state index in [-0.39, 0.29) is 24.0 Å². The number of carbonyl (C=O) groups is 2. The van der Waals surface area contributed by atoms with E-state index in [9.17, 15) is 19.8 Å². The van der Waals surface area contributed by atoms with Crippen LogP contribution in [0.4, 0.5) is 0 Å². The fourth-order valence-corrected chi connectivity index (χ4v) is 1.44. The molecule has 0 bridgehead atoms. The highest BCUT2D eigenvalue weighted by Crippen LogP contribution is 2.19. The Morgan fingerprint density at radius 3 is 1.28 bits per heavy atom. The van der Waals surface area contributed by atoms with Crippen LogP contribution in [0.25, 0.3) is 0 Å². The Labute approximate surface area is 106 Å². The lowest BCUT2D eigenvalue weighted by molar-refractivity contribution is -0.136. The quantitative estimate of drug-likeness (QED) is 0.479. The molecule has 104 valence electrons. The van der Waals surface area contributed by atoms with E-state index in [1.54, 1.807) is 13.8 Å². The summed E-state index contributed by atoms with van der Waals surface area (Å²) in [7, 11) is 0. The van der Waals surface area contributed by atoms with Crippen molar-refractivity contribution in [3.05, 3.63) is 11.1 Å². The first-order chi connectivity index (χ1) is 8.33. The van der Waals surface area contributed by atoms with Gasteiger partial charge in [-0.25, -0.2) is 9.59 Å². The van der Waals surface area contributed by atoms with Gasteiger partial charge in [0.1, 0.15) is 0 Å². The maximum Gasteiger partial charge on any atom is 0.332 e. The van der Waals surface area contributed by atoms with Gasteiger partial charge in [-0.2, -0.15) is 0 Å². The predicted octanol–water partition coefficient (Wildman–Crippen LogP) is 0.774. The number of aliphatic hydroxyl groups is 2. The van der Waals surface area contributed by atoms with Crippen molar-refractivity contribution in [2.24, 2.45) is 0 Å². The molecule has 0 aromatic carbocycles. The molecule has 2 atom stereocenters. The monoisotopic (exact) mass is 260 g/mol. The molecule has 6 heteroatoms. The van der Waals surface area contributed by atoms with Crippen molar-refractivity contribution in [1.82, 2.24) is 0 Å². The second-order valence-electron chi connectivity index (χ2n) is 4.10. The third-order valence-electron chi connectivity index (χ3n) is 2.70. The van der Waals surface area contributed by atoms with Gasteiger partial charge in [0.05, 0.1) is 23.4 Å². The highest BCUT2D eigenvalue weighted by molar-refractivity contribution is 5.98. The smallest absolute Gasteiger partial charge is 0.332 e. The van der Waals surface area contributed by atoms with Gasteiger partial charge in [0.25, 0.3) is 0 Å². The SMILES string of the molecule is CCC(O)C/C(C(=O)O)=C(\CC(O)CC)C(=O)O. The standard InChI is InChI=1S/C12H20O6/c1-3-7(13)5-9(11(15)16)10(12(17)18)6-8(14)4-2/h7-8,13-14H,3-6H2,1-2H3,(H,15,16)(H,17,18)/b10-9-. The van der Waals surface area contributed by atoms with Crippen LogP contribution in [-0.2, 0) is 9.59 Å².